The van der Waals surface area contributed by atoms with Crippen LogP contribution in [-0.4, -0.2) is 34.7 Å². The van der Waals surface area contributed by atoms with Crippen molar-refractivity contribution in [2.45, 2.75) is 71.7 Å². The summed E-state index contributed by atoms with van der Waals surface area (Å²) in [7, 11) is 0. The largest absolute Gasteiger partial charge is 0.465 e. The monoisotopic (exact) mass is 487 g/mol. The SMILES string of the molecule is CC(C)(C)C(=O)OCCCC[C@H](O)[C@H](Cc1ccccc1)N(Cc1ccccc1)Cc1ccccc1. The Kier molecular flexibility index (Phi) is 10.7. The molecule has 0 spiro atoms. The smallest absolute Gasteiger partial charge is 0.311 e. The molecule has 0 bridgehead atoms. The average molecular weight is 488 g/mol. The number of esters is 1. The van der Waals surface area contributed by atoms with Gasteiger partial charge in [0.05, 0.1) is 18.1 Å². The zero-order valence-electron chi connectivity index (χ0n) is 22.0. The van der Waals surface area contributed by atoms with Crippen LogP contribution in [0.5, 0.6) is 0 Å². The lowest BCUT2D eigenvalue weighted by molar-refractivity contribution is -0.153. The van der Waals surface area contributed by atoms with Gasteiger partial charge in [-0.15, -0.1) is 0 Å². The van der Waals surface area contributed by atoms with Crippen LogP contribution in [0.15, 0.2) is 91.0 Å². The van der Waals surface area contributed by atoms with Gasteiger partial charge in [0.1, 0.15) is 0 Å². The number of hydrogen-bond acceptors (Lipinski definition) is 4. The molecule has 0 saturated carbocycles. The topological polar surface area (TPSA) is 49.8 Å². The molecule has 0 heterocycles. The number of nitrogens with zero attached hydrogens (tertiary/aromatic N) is 1. The highest BCUT2D eigenvalue weighted by molar-refractivity contribution is 5.75. The Bertz CT molecular complexity index is 974. The molecule has 0 unspecified atom stereocenters. The van der Waals surface area contributed by atoms with Crippen molar-refractivity contribution >= 4 is 5.97 Å². The molecule has 0 aromatic heterocycles. The molecule has 3 rings (SSSR count). The number of carbonyl (C=O) groups excluding carboxylic acids is 1. The number of aliphatic hydroxyl groups is 1. The van der Waals surface area contributed by atoms with E-state index in [4.69, 9.17) is 4.74 Å². The molecule has 0 aliphatic heterocycles. The van der Waals surface area contributed by atoms with E-state index in [1.807, 2.05) is 39.0 Å². The number of unbranched alkanes of at least 4 members (excludes halogenated alkanes) is 1. The molecule has 0 radical (unpaired) electrons. The van der Waals surface area contributed by atoms with Gasteiger partial charge in [-0.25, -0.2) is 0 Å². The molecule has 0 fully saturated rings. The summed E-state index contributed by atoms with van der Waals surface area (Å²) in [5, 5.41) is 11.5. The van der Waals surface area contributed by atoms with Crippen LogP contribution in [0.3, 0.4) is 0 Å². The number of hydrogen-bond donors (Lipinski definition) is 1. The molecular formula is C32H41NO3. The fraction of sp³-hybridized carbons (Fsp3) is 0.406. The Balaban J connectivity index is 1.73. The van der Waals surface area contributed by atoms with E-state index in [0.717, 1.165) is 32.4 Å². The molecule has 0 amide bonds. The van der Waals surface area contributed by atoms with Crippen molar-refractivity contribution in [2.75, 3.05) is 6.61 Å². The first-order valence-corrected chi connectivity index (χ1v) is 13.0. The first-order valence-electron chi connectivity index (χ1n) is 13.0. The molecule has 0 aliphatic carbocycles. The third kappa shape index (κ3) is 9.25. The van der Waals surface area contributed by atoms with Crippen LogP contribution in [0, 0.1) is 5.41 Å². The van der Waals surface area contributed by atoms with Crippen LogP contribution in [0.25, 0.3) is 0 Å². The fourth-order valence-corrected chi connectivity index (χ4v) is 4.32. The maximum absolute atomic E-state index is 12.0. The third-order valence-electron chi connectivity index (χ3n) is 6.40. The zero-order valence-corrected chi connectivity index (χ0v) is 22.0. The Morgan fingerprint density at radius 1 is 0.778 bits per heavy atom. The average Bonchev–Trinajstić information content (AvgIpc) is 2.88. The molecule has 4 heteroatoms. The minimum absolute atomic E-state index is 0.0510. The summed E-state index contributed by atoms with van der Waals surface area (Å²) in [6, 6.07) is 31.3. The maximum Gasteiger partial charge on any atom is 0.311 e. The summed E-state index contributed by atoms with van der Waals surface area (Å²) in [4.78, 5) is 14.4. The van der Waals surface area contributed by atoms with Crippen molar-refractivity contribution in [1.82, 2.24) is 4.90 Å². The van der Waals surface area contributed by atoms with Gasteiger partial charge in [0.25, 0.3) is 0 Å². The predicted molar refractivity (Wildman–Crippen MR) is 146 cm³/mol. The molecule has 2 atom stereocenters. The fourth-order valence-electron chi connectivity index (χ4n) is 4.32. The highest BCUT2D eigenvalue weighted by Gasteiger charge is 2.27. The van der Waals surface area contributed by atoms with E-state index in [1.54, 1.807) is 0 Å². The molecule has 1 N–H and O–H groups in total. The van der Waals surface area contributed by atoms with Crippen LogP contribution >= 0.6 is 0 Å². The molecule has 3 aromatic rings. The van der Waals surface area contributed by atoms with Crippen LogP contribution in [0.4, 0.5) is 0 Å². The highest BCUT2D eigenvalue weighted by Crippen LogP contribution is 2.22. The lowest BCUT2D eigenvalue weighted by atomic mass is 9.95. The van der Waals surface area contributed by atoms with Gasteiger partial charge < -0.3 is 9.84 Å². The van der Waals surface area contributed by atoms with E-state index in [-0.39, 0.29) is 12.0 Å². The van der Waals surface area contributed by atoms with E-state index >= 15 is 0 Å². The maximum atomic E-state index is 12.0. The predicted octanol–water partition coefficient (Wildman–Crippen LogP) is 6.42. The quantitative estimate of drug-likeness (QED) is 0.223. The summed E-state index contributed by atoms with van der Waals surface area (Å²) < 4.78 is 5.42. The normalized spacial score (nSPS) is 13.4. The van der Waals surface area contributed by atoms with Gasteiger partial charge in [0, 0.05) is 19.1 Å². The number of carbonyl (C=O) groups is 1. The van der Waals surface area contributed by atoms with Gasteiger partial charge in [-0.2, -0.15) is 0 Å². The van der Waals surface area contributed by atoms with Gasteiger partial charge >= 0.3 is 5.97 Å². The van der Waals surface area contributed by atoms with Crippen molar-refractivity contribution in [3.63, 3.8) is 0 Å². The Morgan fingerprint density at radius 3 is 1.72 bits per heavy atom. The van der Waals surface area contributed by atoms with E-state index in [0.29, 0.717) is 13.0 Å². The van der Waals surface area contributed by atoms with E-state index < -0.39 is 11.5 Å². The summed E-state index contributed by atoms with van der Waals surface area (Å²) in [5.41, 5.74) is 3.18. The van der Waals surface area contributed by atoms with Crippen molar-refractivity contribution in [2.24, 2.45) is 5.41 Å². The van der Waals surface area contributed by atoms with Gasteiger partial charge in [0.15, 0.2) is 0 Å². The Labute approximate surface area is 216 Å². The van der Waals surface area contributed by atoms with Crippen LogP contribution in [0.1, 0.15) is 56.7 Å². The molecule has 36 heavy (non-hydrogen) atoms. The summed E-state index contributed by atoms with van der Waals surface area (Å²) >= 11 is 0. The van der Waals surface area contributed by atoms with E-state index in [1.165, 1.54) is 16.7 Å². The van der Waals surface area contributed by atoms with Crippen LogP contribution in [-0.2, 0) is 29.0 Å². The number of aliphatic hydroxyl groups excluding tert-OH is 1. The van der Waals surface area contributed by atoms with Gasteiger partial charge in [-0.05, 0) is 63.1 Å². The molecular weight excluding hydrogens is 446 g/mol. The zero-order chi connectivity index (χ0) is 25.8. The second kappa shape index (κ2) is 14.0. The van der Waals surface area contributed by atoms with Gasteiger partial charge in [-0.1, -0.05) is 91.0 Å². The second-order valence-electron chi connectivity index (χ2n) is 10.6. The molecule has 3 aromatic carbocycles. The molecule has 4 nitrogen and oxygen atoms in total. The van der Waals surface area contributed by atoms with E-state index in [2.05, 4.69) is 77.7 Å². The number of benzene rings is 3. The highest BCUT2D eigenvalue weighted by atomic mass is 16.5. The van der Waals surface area contributed by atoms with Gasteiger partial charge in [-0.3, -0.25) is 9.69 Å². The first kappa shape index (κ1) is 27.6. The minimum atomic E-state index is -0.504. The third-order valence-corrected chi connectivity index (χ3v) is 6.40. The van der Waals surface area contributed by atoms with Crippen LogP contribution < -0.4 is 0 Å². The standard InChI is InChI=1S/C32H41NO3/c1-32(2,3)31(35)36-22-14-13-21-30(34)29(23-26-15-7-4-8-16-26)33(24-27-17-9-5-10-18-27)25-28-19-11-6-12-20-28/h4-12,15-20,29-30,34H,13-14,21-25H2,1-3H3/t29-,30-/m0/s1. The van der Waals surface area contributed by atoms with Crippen molar-refractivity contribution in [3.8, 4) is 0 Å². The first-order chi connectivity index (χ1) is 17.3. The summed E-state index contributed by atoms with van der Waals surface area (Å²) in [6.07, 6.45) is 2.46. The minimum Gasteiger partial charge on any atom is -0.465 e. The van der Waals surface area contributed by atoms with Crippen molar-refractivity contribution in [1.29, 1.82) is 0 Å². The Hall–Kier alpha value is -2.95. The number of ether oxygens (including phenoxy) is 1. The summed E-state index contributed by atoms with van der Waals surface area (Å²) in [5.74, 6) is -0.179. The number of rotatable bonds is 13. The Morgan fingerprint density at radius 2 is 1.25 bits per heavy atom. The lowest BCUT2D eigenvalue weighted by Crippen LogP contribution is -2.44. The molecule has 0 aliphatic rings. The lowest BCUT2D eigenvalue weighted by Gasteiger charge is -2.35. The van der Waals surface area contributed by atoms with Crippen molar-refractivity contribution < 1.29 is 14.6 Å². The van der Waals surface area contributed by atoms with E-state index in [9.17, 15) is 9.90 Å². The van der Waals surface area contributed by atoms with Gasteiger partial charge in [0.2, 0.25) is 0 Å². The van der Waals surface area contributed by atoms with Crippen molar-refractivity contribution in [3.05, 3.63) is 108 Å². The summed E-state index contributed by atoms with van der Waals surface area (Å²) in [6.45, 7) is 7.49. The van der Waals surface area contributed by atoms with Crippen LogP contribution in [0.2, 0.25) is 0 Å². The molecule has 0 saturated heterocycles. The second-order valence-corrected chi connectivity index (χ2v) is 10.6. The molecule has 192 valence electrons.